The van der Waals surface area contributed by atoms with E-state index in [4.69, 9.17) is 14.2 Å². The predicted octanol–water partition coefficient (Wildman–Crippen LogP) is 4.42. The van der Waals surface area contributed by atoms with Gasteiger partial charge in [0.15, 0.2) is 11.5 Å². The first-order valence-corrected chi connectivity index (χ1v) is 11.2. The van der Waals surface area contributed by atoms with E-state index in [-0.39, 0.29) is 5.91 Å². The molecule has 6 heteroatoms. The van der Waals surface area contributed by atoms with E-state index in [0.717, 1.165) is 22.3 Å². The highest BCUT2D eigenvalue weighted by Gasteiger charge is 2.40. The third kappa shape index (κ3) is 5.17. The average molecular weight is 447 g/mol. The van der Waals surface area contributed by atoms with Crippen LogP contribution in [0, 0.1) is 5.41 Å². The second-order valence-electron chi connectivity index (χ2n) is 8.34. The minimum absolute atomic E-state index is 0.0570. The van der Waals surface area contributed by atoms with Gasteiger partial charge in [0, 0.05) is 37.7 Å². The number of carbonyl (C=O) groups is 1. The van der Waals surface area contributed by atoms with Gasteiger partial charge in [-0.25, -0.2) is 0 Å². The minimum Gasteiger partial charge on any atom is -0.493 e. The van der Waals surface area contributed by atoms with Crippen LogP contribution in [-0.4, -0.2) is 38.3 Å². The van der Waals surface area contributed by atoms with Crippen LogP contribution in [0.25, 0.3) is 11.1 Å². The van der Waals surface area contributed by atoms with Gasteiger partial charge in [0.05, 0.1) is 19.6 Å². The second-order valence-corrected chi connectivity index (χ2v) is 8.34. The fraction of sp³-hybridized carbons (Fsp3) is 0.333. The zero-order chi connectivity index (χ0) is 23.1. The number of benzene rings is 2. The number of methoxy groups -OCH3 is 2. The molecule has 0 unspecified atom stereocenters. The number of hydrogen-bond donors (Lipinski definition) is 1. The van der Waals surface area contributed by atoms with E-state index in [1.807, 2.05) is 42.6 Å². The van der Waals surface area contributed by atoms with Crippen LogP contribution in [-0.2, 0) is 22.5 Å². The second kappa shape index (κ2) is 10.5. The summed E-state index contributed by atoms with van der Waals surface area (Å²) in [5, 5.41) is 3.17. The van der Waals surface area contributed by atoms with Crippen molar-refractivity contribution in [1.82, 2.24) is 10.3 Å². The van der Waals surface area contributed by atoms with E-state index in [1.54, 1.807) is 20.4 Å². The average Bonchev–Trinajstić information content (AvgIpc) is 2.88. The van der Waals surface area contributed by atoms with Crippen LogP contribution in [0.4, 0.5) is 0 Å². The molecule has 1 aliphatic rings. The number of nitrogens with zero attached hydrogens (tertiary/aromatic N) is 1. The number of aromatic nitrogens is 1. The lowest BCUT2D eigenvalue weighted by Crippen LogP contribution is -2.46. The monoisotopic (exact) mass is 446 g/mol. The fourth-order valence-corrected chi connectivity index (χ4v) is 4.45. The maximum absolute atomic E-state index is 13.6. The lowest BCUT2D eigenvalue weighted by Gasteiger charge is -2.36. The van der Waals surface area contributed by atoms with E-state index in [2.05, 4.69) is 28.5 Å². The van der Waals surface area contributed by atoms with Crippen LogP contribution in [0.2, 0.25) is 0 Å². The number of amides is 1. The Hall–Kier alpha value is -3.38. The topological polar surface area (TPSA) is 69.7 Å². The van der Waals surface area contributed by atoms with Gasteiger partial charge in [-0.3, -0.25) is 9.78 Å². The molecule has 172 valence electrons. The van der Waals surface area contributed by atoms with Crippen LogP contribution in [0.5, 0.6) is 11.5 Å². The lowest BCUT2D eigenvalue weighted by molar-refractivity contribution is -0.136. The third-order valence-corrected chi connectivity index (χ3v) is 6.35. The molecule has 6 nitrogen and oxygen atoms in total. The Kier molecular flexibility index (Phi) is 7.25. The molecule has 0 spiro atoms. The summed E-state index contributed by atoms with van der Waals surface area (Å²) in [5.41, 5.74) is 3.76. The van der Waals surface area contributed by atoms with Gasteiger partial charge < -0.3 is 19.5 Å². The molecule has 4 rings (SSSR count). The maximum atomic E-state index is 13.6. The summed E-state index contributed by atoms with van der Waals surface area (Å²) in [6.07, 6.45) is 5.66. The van der Waals surface area contributed by atoms with Crippen molar-refractivity contribution in [2.75, 3.05) is 27.4 Å². The largest absolute Gasteiger partial charge is 0.493 e. The molecule has 1 aliphatic heterocycles. The molecule has 0 bridgehead atoms. The van der Waals surface area contributed by atoms with E-state index in [0.29, 0.717) is 50.5 Å². The summed E-state index contributed by atoms with van der Waals surface area (Å²) in [6, 6.07) is 18.0. The Balaban J connectivity index is 1.55. The van der Waals surface area contributed by atoms with Gasteiger partial charge in [-0.1, -0.05) is 36.4 Å². The van der Waals surface area contributed by atoms with Gasteiger partial charge in [0.2, 0.25) is 5.91 Å². The molecular weight excluding hydrogens is 416 g/mol. The Morgan fingerprint density at radius 3 is 2.55 bits per heavy atom. The van der Waals surface area contributed by atoms with Crippen molar-refractivity contribution >= 4 is 5.91 Å². The highest BCUT2D eigenvalue weighted by atomic mass is 16.5. The zero-order valence-corrected chi connectivity index (χ0v) is 19.2. The molecule has 0 aliphatic carbocycles. The first-order chi connectivity index (χ1) is 16.1. The molecule has 1 amide bonds. The SMILES string of the molecule is COc1ccc(CNC(=O)C2(Cc3ccccc3-c3cccnc3)CCOCC2)cc1OC. The van der Waals surface area contributed by atoms with Crippen molar-refractivity contribution in [3.05, 3.63) is 78.1 Å². The number of hydrogen-bond acceptors (Lipinski definition) is 5. The van der Waals surface area contributed by atoms with E-state index >= 15 is 0 Å². The predicted molar refractivity (Wildman–Crippen MR) is 127 cm³/mol. The molecule has 1 aromatic heterocycles. The lowest BCUT2D eigenvalue weighted by atomic mass is 9.73. The fourth-order valence-electron chi connectivity index (χ4n) is 4.45. The zero-order valence-electron chi connectivity index (χ0n) is 19.2. The van der Waals surface area contributed by atoms with Crippen molar-refractivity contribution in [1.29, 1.82) is 0 Å². The molecule has 1 N–H and O–H groups in total. The van der Waals surface area contributed by atoms with Crippen LogP contribution < -0.4 is 14.8 Å². The van der Waals surface area contributed by atoms with Gasteiger partial charge >= 0.3 is 0 Å². The highest BCUT2D eigenvalue weighted by molar-refractivity contribution is 5.83. The Bertz CT molecular complexity index is 1080. The van der Waals surface area contributed by atoms with Gasteiger partial charge in [-0.15, -0.1) is 0 Å². The van der Waals surface area contributed by atoms with Gasteiger partial charge in [-0.2, -0.15) is 0 Å². The number of nitrogens with one attached hydrogen (secondary N) is 1. The molecule has 1 fully saturated rings. The minimum atomic E-state index is -0.521. The maximum Gasteiger partial charge on any atom is 0.226 e. The molecule has 33 heavy (non-hydrogen) atoms. The Morgan fingerprint density at radius 1 is 1.03 bits per heavy atom. The van der Waals surface area contributed by atoms with Crippen LogP contribution in [0.15, 0.2) is 67.0 Å². The van der Waals surface area contributed by atoms with Crippen LogP contribution in [0.3, 0.4) is 0 Å². The van der Waals surface area contributed by atoms with Gasteiger partial charge in [0.25, 0.3) is 0 Å². The van der Waals surface area contributed by atoms with E-state index in [1.165, 1.54) is 0 Å². The summed E-state index contributed by atoms with van der Waals surface area (Å²) < 4.78 is 16.3. The molecular formula is C27H30N2O4. The molecule has 0 saturated carbocycles. The molecule has 1 saturated heterocycles. The normalized spacial score (nSPS) is 15.0. The van der Waals surface area contributed by atoms with Crippen LogP contribution in [0.1, 0.15) is 24.0 Å². The Labute approximate surface area is 194 Å². The molecule has 0 atom stereocenters. The van der Waals surface area contributed by atoms with Crippen molar-refractivity contribution in [2.24, 2.45) is 5.41 Å². The smallest absolute Gasteiger partial charge is 0.226 e. The van der Waals surface area contributed by atoms with E-state index in [9.17, 15) is 4.79 Å². The first-order valence-electron chi connectivity index (χ1n) is 11.2. The van der Waals surface area contributed by atoms with Crippen molar-refractivity contribution in [3.8, 4) is 22.6 Å². The van der Waals surface area contributed by atoms with Gasteiger partial charge in [-0.05, 0) is 54.2 Å². The molecule has 3 aromatic rings. The number of rotatable bonds is 8. The number of ether oxygens (including phenoxy) is 3. The van der Waals surface area contributed by atoms with E-state index < -0.39 is 5.41 Å². The Morgan fingerprint density at radius 2 is 1.82 bits per heavy atom. The number of pyridine rings is 1. The third-order valence-electron chi connectivity index (χ3n) is 6.35. The van der Waals surface area contributed by atoms with Crippen molar-refractivity contribution in [2.45, 2.75) is 25.8 Å². The summed E-state index contributed by atoms with van der Waals surface area (Å²) in [7, 11) is 3.22. The highest BCUT2D eigenvalue weighted by Crippen LogP contribution is 2.38. The first kappa shape index (κ1) is 22.8. The molecule has 2 heterocycles. The van der Waals surface area contributed by atoms with Crippen molar-refractivity contribution < 1.29 is 19.0 Å². The molecule has 0 radical (unpaired) electrons. The summed E-state index contributed by atoms with van der Waals surface area (Å²) in [5.74, 6) is 1.37. The number of carbonyl (C=O) groups excluding carboxylic acids is 1. The van der Waals surface area contributed by atoms with Gasteiger partial charge in [0.1, 0.15) is 0 Å². The summed E-state index contributed by atoms with van der Waals surface area (Å²) in [4.78, 5) is 17.9. The quantitative estimate of drug-likeness (QED) is 0.555. The summed E-state index contributed by atoms with van der Waals surface area (Å²) in [6.45, 7) is 1.59. The van der Waals surface area contributed by atoms with Crippen LogP contribution >= 0.6 is 0 Å². The standard InChI is InChI=1S/C27H30N2O4/c1-31-24-10-9-20(16-25(24)32-2)18-29-26(30)27(11-14-33-15-12-27)17-21-6-3-4-8-23(21)22-7-5-13-28-19-22/h3-10,13,16,19H,11-12,14-15,17-18H2,1-2H3,(H,29,30). The molecule has 2 aromatic carbocycles. The summed E-state index contributed by atoms with van der Waals surface area (Å²) >= 11 is 0. The van der Waals surface area contributed by atoms with Crippen molar-refractivity contribution in [3.63, 3.8) is 0 Å².